The molecule has 0 bridgehead atoms. The van der Waals surface area contributed by atoms with Crippen molar-refractivity contribution in [3.8, 4) is 0 Å². The molecule has 7 heteroatoms. The SMILES string of the molecule is OCC1OCC(O)C1(O)C(F)(F)F. The Morgan fingerprint density at radius 3 is 2.31 bits per heavy atom. The average Bonchev–Trinajstić information content (AvgIpc) is 2.29. The van der Waals surface area contributed by atoms with E-state index in [1.165, 1.54) is 0 Å². The van der Waals surface area contributed by atoms with Gasteiger partial charge in [0.25, 0.3) is 0 Å². The Balaban J connectivity index is 2.95. The number of hydrogen-bond donors (Lipinski definition) is 3. The highest BCUT2D eigenvalue weighted by Gasteiger charge is 2.66. The third kappa shape index (κ3) is 1.41. The Bertz CT molecular complexity index is 195. The Hall–Kier alpha value is -0.370. The quantitative estimate of drug-likeness (QED) is 0.511. The molecular formula is C6H9F3O4. The molecule has 1 heterocycles. The van der Waals surface area contributed by atoms with Crippen LogP contribution in [0.1, 0.15) is 0 Å². The van der Waals surface area contributed by atoms with Crippen LogP contribution in [0.2, 0.25) is 0 Å². The normalized spacial score (nSPS) is 41.1. The molecule has 1 fully saturated rings. The third-order valence-corrected chi connectivity index (χ3v) is 2.07. The molecule has 0 aromatic rings. The maximum Gasteiger partial charge on any atom is 0.422 e. The number of aliphatic hydroxyl groups excluding tert-OH is 2. The van der Waals surface area contributed by atoms with Crippen LogP contribution in [0.25, 0.3) is 0 Å². The maximum absolute atomic E-state index is 12.2. The molecule has 1 aliphatic heterocycles. The van der Waals surface area contributed by atoms with Crippen molar-refractivity contribution in [1.29, 1.82) is 0 Å². The Kier molecular flexibility index (Phi) is 2.54. The molecule has 0 radical (unpaired) electrons. The first kappa shape index (κ1) is 10.7. The topological polar surface area (TPSA) is 69.9 Å². The van der Waals surface area contributed by atoms with Crippen molar-refractivity contribution in [1.82, 2.24) is 0 Å². The van der Waals surface area contributed by atoms with Crippen LogP contribution < -0.4 is 0 Å². The zero-order chi connectivity index (χ0) is 10.3. The standard InChI is InChI=1S/C6H9F3O4/c7-6(8,9)5(12)3(11)2-13-4(5)1-10/h3-4,10-12H,1-2H2. The summed E-state index contributed by atoms with van der Waals surface area (Å²) in [5, 5.41) is 26.5. The predicted molar refractivity (Wildman–Crippen MR) is 33.8 cm³/mol. The van der Waals surface area contributed by atoms with Gasteiger partial charge in [-0.25, -0.2) is 0 Å². The number of alkyl halides is 3. The zero-order valence-electron chi connectivity index (χ0n) is 6.45. The summed E-state index contributed by atoms with van der Waals surface area (Å²) in [7, 11) is 0. The first-order valence-electron chi connectivity index (χ1n) is 3.53. The molecule has 1 aliphatic rings. The van der Waals surface area contributed by atoms with Gasteiger partial charge in [0.05, 0.1) is 13.2 Å². The van der Waals surface area contributed by atoms with Gasteiger partial charge in [0.15, 0.2) is 0 Å². The zero-order valence-corrected chi connectivity index (χ0v) is 6.45. The summed E-state index contributed by atoms with van der Waals surface area (Å²) in [6.45, 7) is -1.63. The second-order valence-corrected chi connectivity index (χ2v) is 2.84. The summed E-state index contributed by atoms with van der Waals surface area (Å²) in [4.78, 5) is 0. The minimum Gasteiger partial charge on any atom is -0.394 e. The van der Waals surface area contributed by atoms with Gasteiger partial charge in [-0.05, 0) is 0 Å². The lowest BCUT2D eigenvalue weighted by atomic mass is 9.93. The molecule has 0 saturated carbocycles. The lowest BCUT2D eigenvalue weighted by molar-refractivity contribution is -0.295. The average molecular weight is 202 g/mol. The van der Waals surface area contributed by atoms with Crippen LogP contribution in [-0.2, 0) is 4.74 Å². The summed E-state index contributed by atoms with van der Waals surface area (Å²) < 4.78 is 41.1. The van der Waals surface area contributed by atoms with Crippen LogP contribution in [-0.4, -0.2) is 52.5 Å². The fourth-order valence-electron chi connectivity index (χ4n) is 1.24. The first-order valence-corrected chi connectivity index (χ1v) is 3.53. The molecule has 4 nitrogen and oxygen atoms in total. The van der Waals surface area contributed by atoms with E-state index in [-0.39, 0.29) is 0 Å². The van der Waals surface area contributed by atoms with Crippen molar-refractivity contribution in [2.75, 3.05) is 13.2 Å². The molecule has 78 valence electrons. The van der Waals surface area contributed by atoms with Crippen LogP contribution in [0, 0.1) is 0 Å². The fourth-order valence-corrected chi connectivity index (χ4v) is 1.24. The van der Waals surface area contributed by atoms with Crippen molar-refractivity contribution in [3.63, 3.8) is 0 Å². The van der Waals surface area contributed by atoms with E-state index >= 15 is 0 Å². The first-order chi connectivity index (χ1) is 5.84. The Labute approximate surface area is 71.6 Å². The molecule has 1 rings (SSSR count). The van der Waals surface area contributed by atoms with Gasteiger partial charge in [0.2, 0.25) is 5.60 Å². The number of hydrogen-bond acceptors (Lipinski definition) is 4. The van der Waals surface area contributed by atoms with E-state index in [0.29, 0.717) is 0 Å². The highest BCUT2D eigenvalue weighted by molar-refractivity contribution is 5.04. The van der Waals surface area contributed by atoms with Gasteiger partial charge in [-0.2, -0.15) is 13.2 Å². The smallest absolute Gasteiger partial charge is 0.394 e. The van der Waals surface area contributed by atoms with E-state index in [9.17, 15) is 13.2 Å². The monoisotopic (exact) mass is 202 g/mol. The molecule has 1 saturated heterocycles. The van der Waals surface area contributed by atoms with Crippen molar-refractivity contribution in [2.45, 2.75) is 24.0 Å². The highest BCUT2D eigenvalue weighted by atomic mass is 19.4. The minimum atomic E-state index is -5.02. The largest absolute Gasteiger partial charge is 0.422 e. The number of rotatable bonds is 1. The van der Waals surface area contributed by atoms with E-state index in [1.54, 1.807) is 0 Å². The van der Waals surface area contributed by atoms with Gasteiger partial charge in [0.1, 0.15) is 12.2 Å². The molecule has 0 spiro atoms. The van der Waals surface area contributed by atoms with Gasteiger partial charge >= 0.3 is 6.18 Å². The molecule has 3 unspecified atom stereocenters. The Morgan fingerprint density at radius 1 is 1.46 bits per heavy atom. The van der Waals surface area contributed by atoms with E-state index in [2.05, 4.69) is 4.74 Å². The van der Waals surface area contributed by atoms with Crippen molar-refractivity contribution < 1.29 is 33.2 Å². The van der Waals surface area contributed by atoms with E-state index < -0.39 is 37.2 Å². The van der Waals surface area contributed by atoms with Crippen molar-refractivity contribution in [3.05, 3.63) is 0 Å². The van der Waals surface area contributed by atoms with Crippen LogP contribution >= 0.6 is 0 Å². The summed E-state index contributed by atoms with van der Waals surface area (Å²) >= 11 is 0. The van der Waals surface area contributed by atoms with E-state index in [0.717, 1.165) is 0 Å². The van der Waals surface area contributed by atoms with Crippen molar-refractivity contribution in [2.24, 2.45) is 0 Å². The highest BCUT2D eigenvalue weighted by Crippen LogP contribution is 2.40. The molecule has 3 atom stereocenters. The molecule has 13 heavy (non-hydrogen) atoms. The summed E-state index contributed by atoms with van der Waals surface area (Å²) in [6, 6.07) is 0. The molecule has 0 aromatic heterocycles. The summed E-state index contributed by atoms with van der Waals surface area (Å²) in [6.07, 6.45) is -8.89. The van der Waals surface area contributed by atoms with Crippen LogP contribution in [0.5, 0.6) is 0 Å². The molecular weight excluding hydrogens is 193 g/mol. The minimum absolute atomic E-state index is 0.638. The van der Waals surface area contributed by atoms with Gasteiger partial charge in [-0.15, -0.1) is 0 Å². The number of ether oxygens (including phenoxy) is 1. The molecule has 0 aromatic carbocycles. The third-order valence-electron chi connectivity index (χ3n) is 2.07. The summed E-state index contributed by atoms with van der Waals surface area (Å²) in [5.41, 5.74) is -3.36. The summed E-state index contributed by atoms with van der Waals surface area (Å²) in [5.74, 6) is 0. The van der Waals surface area contributed by atoms with Gasteiger partial charge < -0.3 is 20.1 Å². The van der Waals surface area contributed by atoms with Crippen LogP contribution in [0.3, 0.4) is 0 Å². The number of aliphatic hydroxyl groups is 3. The van der Waals surface area contributed by atoms with Gasteiger partial charge in [0, 0.05) is 0 Å². The molecule has 0 aliphatic carbocycles. The lowest BCUT2D eigenvalue weighted by Gasteiger charge is -2.31. The van der Waals surface area contributed by atoms with Gasteiger partial charge in [-0.3, -0.25) is 0 Å². The molecule has 3 N–H and O–H groups in total. The van der Waals surface area contributed by atoms with Crippen LogP contribution in [0.4, 0.5) is 13.2 Å². The van der Waals surface area contributed by atoms with Gasteiger partial charge in [-0.1, -0.05) is 0 Å². The van der Waals surface area contributed by atoms with E-state index in [4.69, 9.17) is 15.3 Å². The van der Waals surface area contributed by atoms with Crippen LogP contribution in [0.15, 0.2) is 0 Å². The molecule has 0 amide bonds. The predicted octanol–water partition coefficient (Wildman–Crippen LogP) is -0.968. The second kappa shape index (κ2) is 3.09. The van der Waals surface area contributed by atoms with E-state index in [1.807, 2.05) is 0 Å². The Morgan fingerprint density at radius 2 is 2.00 bits per heavy atom. The fraction of sp³-hybridized carbons (Fsp3) is 1.00. The second-order valence-electron chi connectivity index (χ2n) is 2.84. The lowest BCUT2D eigenvalue weighted by Crippen LogP contribution is -2.59. The van der Waals surface area contributed by atoms with Crippen molar-refractivity contribution >= 4 is 0 Å². The number of halogens is 3. The maximum atomic E-state index is 12.2.